The average molecular weight is 581 g/mol. The molecule has 3 aliphatic rings. The maximum atomic E-state index is 12.8. The normalized spacial score (nSPS) is 37.2. The quantitative estimate of drug-likeness (QED) is 0.202. The third-order valence-electron chi connectivity index (χ3n) is 7.41. The summed E-state index contributed by atoms with van der Waals surface area (Å²) in [5, 5.41) is 81.8. The summed E-state index contributed by atoms with van der Waals surface area (Å²) in [6, 6.07) is 8.51. The van der Waals surface area contributed by atoms with Gasteiger partial charge in [-0.25, -0.2) is 0 Å². The number of fused-ring (bicyclic) bond motifs is 1. The van der Waals surface area contributed by atoms with Crippen molar-refractivity contribution in [3.05, 3.63) is 47.5 Å². The largest absolute Gasteiger partial charge is 0.508 e. The van der Waals surface area contributed by atoms with E-state index in [0.717, 1.165) is 6.07 Å². The lowest BCUT2D eigenvalue weighted by molar-refractivity contribution is -0.349. The van der Waals surface area contributed by atoms with Gasteiger partial charge in [0, 0.05) is 12.1 Å². The van der Waals surface area contributed by atoms with Crippen molar-refractivity contribution in [3.63, 3.8) is 0 Å². The van der Waals surface area contributed by atoms with E-state index >= 15 is 0 Å². The summed E-state index contributed by atoms with van der Waals surface area (Å²) in [7, 11) is 0. The van der Waals surface area contributed by atoms with E-state index in [4.69, 9.17) is 23.7 Å². The minimum Gasteiger partial charge on any atom is -0.508 e. The number of carbonyl (C=O) groups is 1. The number of hydrogen-bond donors (Lipinski definition) is 8. The Morgan fingerprint density at radius 3 is 2.24 bits per heavy atom. The van der Waals surface area contributed by atoms with Gasteiger partial charge in [-0.2, -0.15) is 0 Å². The fourth-order valence-corrected chi connectivity index (χ4v) is 5.09. The number of phenols is 2. The minimum atomic E-state index is -1.78. The van der Waals surface area contributed by atoms with Gasteiger partial charge in [0.25, 0.3) is 0 Å². The van der Waals surface area contributed by atoms with E-state index in [1.54, 1.807) is 12.1 Å². The molecule has 0 aliphatic carbocycles. The Morgan fingerprint density at radius 1 is 0.878 bits per heavy atom. The number of ketones is 1. The number of hydrogen-bond acceptors (Lipinski definition) is 14. The summed E-state index contributed by atoms with van der Waals surface area (Å²) in [6.07, 6.45) is -15.8. The molecule has 0 amide bonds. The zero-order valence-corrected chi connectivity index (χ0v) is 21.8. The molecule has 0 saturated carbocycles. The highest BCUT2D eigenvalue weighted by Gasteiger charge is 2.50. The van der Waals surface area contributed by atoms with Gasteiger partial charge in [0.15, 0.2) is 12.1 Å². The summed E-state index contributed by atoms with van der Waals surface area (Å²) in [4.78, 5) is 12.8. The minimum absolute atomic E-state index is 0.00149. The van der Waals surface area contributed by atoms with Crippen molar-refractivity contribution in [3.8, 4) is 23.0 Å². The molecule has 8 N–H and O–H groups in total. The summed E-state index contributed by atoms with van der Waals surface area (Å²) in [6.45, 7) is 0.712. The van der Waals surface area contributed by atoms with Crippen molar-refractivity contribution in [1.82, 2.24) is 0 Å². The van der Waals surface area contributed by atoms with Gasteiger partial charge < -0.3 is 64.5 Å². The molecule has 41 heavy (non-hydrogen) atoms. The molecule has 3 aliphatic heterocycles. The van der Waals surface area contributed by atoms with Crippen LogP contribution < -0.4 is 9.47 Å². The number of phenolic OH excluding ortho intramolecular Hbond substituents is 2. The van der Waals surface area contributed by atoms with Crippen LogP contribution in [0.2, 0.25) is 0 Å². The molecular weight excluding hydrogens is 548 g/mol. The highest BCUT2D eigenvalue weighted by atomic mass is 16.7. The number of ether oxygens (including phenoxy) is 5. The number of carbonyl (C=O) groups excluding carboxylic acids is 1. The third-order valence-corrected chi connectivity index (χ3v) is 7.41. The highest BCUT2D eigenvalue weighted by Crippen LogP contribution is 2.43. The van der Waals surface area contributed by atoms with Gasteiger partial charge in [-0.15, -0.1) is 0 Å². The summed E-state index contributed by atoms with van der Waals surface area (Å²) in [5.41, 5.74) is 0.550. The average Bonchev–Trinajstić information content (AvgIpc) is 2.94. The Balaban J connectivity index is 1.32. The smallest absolute Gasteiger partial charge is 0.229 e. The highest BCUT2D eigenvalue weighted by molar-refractivity contribution is 6.02. The van der Waals surface area contributed by atoms with Gasteiger partial charge >= 0.3 is 0 Å². The molecule has 2 saturated heterocycles. The molecule has 0 radical (unpaired) electrons. The number of aromatic hydroxyl groups is 2. The van der Waals surface area contributed by atoms with Gasteiger partial charge in [0.2, 0.25) is 6.29 Å². The number of benzene rings is 2. The van der Waals surface area contributed by atoms with Crippen LogP contribution >= 0.6 is 0 Å². The third kappa shape index (κ3) is 5.70. The zero-order chi connectivity index (χ0) is 29.6. The molecule has 2 aromatic carbocycles. The molecular formula is C27H32O14. The molecule has 11 unspecified atom stereocenters. The van der Waals surface area contributed by atoms with E-state index < -0.39 is 85.7 Å². The molecule has 14 nitrogen and oxygen atoms in total. The van der Waals surface area contributed by atoms with E-state index in [-0.39, 0.29) is 29.2 Å². The van der Waals surface area contributed by atoms with Crippen molar-refractivity contribution in [2.75, 3.05) is 6.61 Å². The van der Waals surface area contributed by atoms with Crippen molar-refractivity contribution < 1.29 is 69.3 Å². The first-order valence-electron chi connectivity index (χ1n) is 13.0. The van der Waals surface area contributed by atoms with Crippen molar-refractivity contribution >= 4 is 5.78 Å². The molecule has 14 heteroatoms. The van der Waals surface area contributed by atoms with E-state index in [1.165, 1.54) is 25.1 Å². The van der Waals surface area contributed by atoms with E-state index in [1.807, 2.05) is 0 Å². The summed E-state index contributed by atoms with van der Waals surface area (Å²) >= 11 is 0. The predicted octanol–water partition coefficient (Wildman–Crippen LogP) is -1.17. The lowest BCUT2D eigenvalue weighted by Crippen LogP contribution is -2.64. The Labute approximate surface area is 233 Å². The van der Waals surface area contributed by atoms with Crippen LogP contribution in [0.25, 0.3) is 0 Å². The maximum Gasteiger partial charge on any atom is 0.229 e. The van der Waals surface area contributed by atoms with E-state index in [9.17, 15) is 45.6 Å². The van der Waals surface area contributed by atoms with Crippen LogP contribution in [-0.4, -0.2) is 115 Å². The predicted molar refractivity (Wildman–Crippen MR) is 134 cm³/mol. The SMILES string of the molecule is CC1OC(OC2C(CO)OC(Oc3cc(O)c4c(c3)OC(c3ccc(O)cc3)CC4=O)C(O)C2O)C(O)C(O)C1O. The van der Waals surface area contributed by atoms with Crippen LogP contribution in [0.15, 0.2) is 36.4 Å². The summed E-state index contributed by atoms with van der Waals surface area (Å²) < 4.78 is 28.2. The second-order valence-corrected chi connectivity index (χ2v) is 10.2. The first-order valence-corrected chi connectivity index (χ1v) is 13.0. The molecule has 0 aromatic heterocycles. The van der Waals surface area contributed by atoms with Crippen LogP contribution in [0.5, 0.6) is 23.0 Å². The fourth-order valence-electron chi connectivity index (χ4n) is 5.09. The molecule has 11 atom stereocenters. The monoisotopic (exact) mass is 580 g/mol. The second kappa shape index (κ2) is 11.7. The van der Waals surface area contributed by atoms with Crippen LogP contribution in [0, 0.1) is 0 Å². The maximum absolute atomic E-state index is 12.8. The fraction of sp³-hybridized carbons (Fsp3) is 0.519. The molecule has 2 fully saturated rings. The van der Waals surface area contributed by atoms with Crippen LogP contribution in [0.4, 0.5) is 0 Å². The molecule has 0 spiro atoms. The molecule has 0 bridgehead atoms. The van der Waals surface area contributed by atoms with E-state index in [0.29, 0.717) is 5.56 Å². The van der Waals surface area contributed by atoms with Gasteiger partial charge in [0.05, 0.1) is 19.1 Å². The van der Waals surface area contributed by atoms with E-state index in [2.05, 4.69) is 0 Å². The van der Waals surface area contributed by atoms with Crippen molar-refractivity contribution in [1.29, 1.82) is 0 Å². The van der Waals surface area contributed by atoms with Gasteiger partial charge in [-0.3, -0.25) is 4.79 Å². The van der Waals surface area contributed by atoms with Gasteiger partial charge in [0.1, 0.15) is 77.4 Å². The van der Waals surface area contributed by atoms with Crippen LogP contribution in [0.3, 0.4) is 0 Å². The number of rotatable bonds is 6. The lowest BCUT2D eigenvalue weighted by atomic mass is 9.95. The lowest BCUT2D eigenvalue weighted by Gasteiger charge is -2.45. The first-order chi connectivity index (χ1) is 19.5. The Hall–Kier alpha value is -3.05. The zero-order valence-electron chi connectivity index (χ0n) is 21.8. The van der Waals surface area contributed by atoms with Gasteiger partial charge in [-0.05, 0) is 24.6 Å². The van der Waals surface area contributed by atoms with Crippen LogP contribution in [-0.2, 0) is 14.2 Å². The Kier molecular flexibility index (Phi) is 8.39. The molecule has 2 aromatic rings. The number of aliphatic hydroxyl groups is 6. The van der Waals surface area contributed by atoms with Crippen molar-refractivity contribution in [2.24, 2.45) is 0 Å². The summed E-state index contributed by atoms with van der Waals surface area (Å²) in [5.74, 6) is -0.893. The second-order valence-electron chi connectivity index (χ2n) is 10.2. The standard InChI is InChI=1S/C27H32O14/c1-10-20(32)21(33)23(35)26(37-10)41-25-18(9-28)40-27(24(36)22(25)34)38-13-6-14(30)19-15(31)8-16(39-17(19)7-13)11-2-4-12(29)5-3-11/h2-7,10,16,18,20-30,32-36H,8-9H2,1H3. The van der Waals surface area contributed by atoms with Crippen molar-refractivity contribution in [2.45, 2.75) is 80.9 Å². The Morgan fingerprint density at radius 2 is 1.56 bits per heavy atom. The number of aliphatic hydroxyl groups excluding tert-OH is 6. The van der Waals surface area contributed by atoms with Gasteiger partial charge in [-0.1, -0.05) is 12.1 Å². The first kappa shape index (κ1) is 29.4. The molecule has 224 valence electrons. The molecule has 5 rings (SSSR count). The Bertz CT molecular complexity index is 1240. The molecule has 3 heterocycles. The number of Topliss-reactive ketones (excluding diaryl/α,β-unsaturated/α-hetero) is 1. The van der Waals surface area contributed by atoms with Crippen LogP contribution in [0.1, 0.15) is 35.4 Å². The topological polar surface area (TPSA) is 225 Å².